The van der Waals surface area contributed by atoms with Crippen LogP contribution in [0.15, 0.2) is 24.3 Å². The van der Waals surface area contributed by atoms with Gasteiger partial charge in [0, 0.05) is 19.0 Å². The van der Waals surface area contributed by atoms with Gasteiger partial charge in [0.25, 0.3) is 0 Å². The number of rotatable bonds is 4. The van der Waals surface area contributed by atoms with E-state index >= 15 is 0 Å². The molecule has 1 heterocycles. The molecule has 0 N–H and O–H groups in total. The molecule has 2 nitrogen and oxygen atoms in total. The molecule has 2 rings (SSSR count). The average Bonchev–Trinajstić information content (AvgIpc) is 2.37. The summed E-state index contributed by atoms with van der Waals surface area (Å²) >= 11 is 0. The van der Waals surface area contributed by atoms with Gasteiger partial charge in [-0.25, -0.2) is 4.39 Å². The monoisotopic (exact) mass is 277 g/mol. The van der Waals surface area contributed by atoms with Gasteiger partial charge in [-0.3, -0.25) is 4.79 Å². The van der Waals surface area contributed by atoms with Gasteiger partial charge in [0.2, 0.25) is 0 Å². The van der Waals surface area contributed by atoms with E-state index in [0.29, 0.717) is 5.41 Å². The molecular formula is C17H24FNO. The van der Waals surface area contributed by atoms with Crippen molar-refractivity contribution in [1.29, 1.82) is 0 Å². The highest BCUT2D eigenvalue weighted by Gasteiger charge is 2.28. The van der Waals surface area contributed by atoms with Crippen molar-refractivity contribution in [2.75, 3.05) is 19.6 Å². The third-order valence-electron chi connectivity index (χ3n) is 4.10. The first kappa shape index (κ1) is 15.2. The zero-order valence-corrected chi connectivity index (χ0v) is 12.7. The number of hydrogen-bond donors (Lipinski definition) is 0. The molecule has 0 spiro atoms. The Morgan fingerprint density at radius 3 is 2.75 bits per heavy atom. The molecule has 1 aromatic carbocycles. The van der Waals surface area contributed by atoms with Gasteiger partial charge in [0.15, 0.2) is 5.78 Å². The third kappa shape index (κ3) is 3.66. The lowest BCUT2D eigenvalue weighted by Crippen LogP contribution is -2.43. The summed E-state index contributed by atoms with van der Waals surface area (Å²) in [5, 5.41) is 0. The lowest BCUT2D eigenvalue weighted by atomic mass is 9.83. The van der Waals surface area contributed by atoms with Gasteiger partial charge in [0.1, 0.15) is 5.82 Å². The van der Waals surface area contributed by atoms with E-state index in [4.69, 9.17) is 0 Å². The quantitative estimate of drug-likeness (QED) is 0.781. The minimum atomic E-state index is -0.414. The Hall–Kier alpha value is -1.22. The topological polar surface area (TPSA) is 20.3 Å². The van der Waals surface area contributed by atoms with Crippen LogP contribution in [-0.2, 0) is 0 Å². The van der Waals surface area contributed by atoms with E-state index < -0.39 is 5.82 Å². The van der Waals surface area contributed by atoms with Crippen molar-refractivity contribution < 1.29 is 9.18 Å². The number of carbonyl (C=O) groups excluding carboxylic acids is 1. The van der Waals surface area contributed by atoms with Crippen LogP contribution >= 0.6 is 0 Å². The van der Waals surface area contributed by atoms with E-state index in [2.05, 4.69) is 18.7 Å². The fourth-order valence-corrected chi connectivity index (χ4v) is 3.10. The van der Waals surface area contributed by atoms with Crippen molar-refractivity contribution in [2.45, 2.75) is 33.6 Å². The first-order chi connectivity index (χ1) is 9.39. The van der Waals surface area contributed by atoms with Crippen LogP contribution in [0.1, 0.15) is 44.0 Å². The number of Topliss-reactive ketones (excluding diaryl/α,β-unsaturated/α-hetero) is 1. The van der Waals surface area contributed by atoms with Crippen molar-refractivity contribution in [2.24, 2.45) is 11.3 Å². The highest BCUT2D eigenvalue weighted by atomic mass is 19.1. The SMILES string of the molecule is CC(CN1CCCC(C)(C)C1)C(=O)c1ccccc1F. The van der Waals surface area contributed by atoms with Crippen LogP contribution in [-0.4, -0.2) is 30.3 Å². The number of halogens is 1. The summed E-state index contributed by atoms with van der Waals surface area (Å²) in [5.74, 6) is -0.671. The summed E-state index contributed by atoms with van der Waals surface area (Å²) < 4.78 is 13.7. The first-order valence-corrected chi connectivity index (χ1v) is 7.40. The van der Waals surface area contributed by atoms with Crippen molar-refractivity contribution in [3.05, 3.63) is 35.6 Å². The molecule has 0 aromatic heterocycles. The van der Waals surface area contributed by atoms with E-state index in [9.17, 15) is 9.18 Å². The fraction of sp³-hybridized carbons (Fsp3) is 0.588. The molecular weight excluding hydrogens is 253 g/mol. The van der Waals surface area contributed by atoms with E-state index in [1.165, 1.54) is 18.9 Å². The van der Waals surface area contributed by atoms with Crippen molar-refractivity contribution in [3.8, 4) is 0 Å². The molecule has 0 bridgehead atoms. The lowest BCUT2D eigenvalue weighted by molar-refractivity contribution is 0.0784. The summed E-state index contributed by atoms with van der Waals surface area (Å²) in [7, 11) is 0. The summed E-state index contributed by atoms with van der Waals surface area (Å²) in [6.07, 6.45) is 2.41. The second kappa shape index (κ2) is 6.04. The second-order valence-electron chi connectivity index (χ2n) is 6.75. The molecule has 1 aliphatic rings. The Bertz CT molecular complexity index is 484. The zero-order chi connectivity index (χ0) is 14.8. The molecule has 0 radical (unpaired) electrons. The van der Waals surface area contributed by atoms with E-state index in [1.807, 2.05) is 6.92 Å². The van der Waals surface area contributed by atoms with Gasteiger partial charge >= 0.3 is 0 Å². The Labute approximate surface area is 121 Å². The molecule has 20 heavy (non-hydrogen) atoms. The van der Waals surface area contributed by atoms with E-state index in [1.54, 1.807) is 18.2 Å². The van der Waals surface area contributed by atoms with Gasteiger partial charge in [0.05, 0.1) is 5.56 Å². The summed E-state index contributed by atoms with van der Waals surface area (Å²) in [5.41, 5.74) is 0.537. The number of piperidine rings is 1. The minimum Gasteiger partial charge on any atom is -0.302 e. The summed E-state index contributed by atoms with van der Waals surface area (Å²) in [6, 6.07) is 6.26. The largest absolute Gasteiger partial charge is 0.302 e. The smallest absolute Gasteiger partial charge is 0.169 e. The van der Waals surface area contributed by atoms with Gasteiger partial charge < -0.3 is 4.90 Å². The lowest BCUT2D eigenvalue weighted by Gasteiger charge is -2.39. The maximum absolute atomic E-state index is 13.7. The Morgan fingerprint density at radius 2 is 2.10 bits per heavy atom. The van der Waals surface area contributed by atoms with Crippen molar-refractivity contribution in [3.63, 3.8) is 0 Å². The van der Waals surface area contributed by atoms with Gasteiger partial charge in [-0.1, -0.05) is 32.9 Å². The molecule has 1 fully saturated rings. The molecule has 1 saturated heterocycles. The highest BCUT2D eigenvalue weighted by Crippen LogP contribution is 2.29. The van der Waals surface area contributed by atoms with Gasteiger partial charge in [-0.15, -0.1) is 0 Å². The summed E-state index contributed by atoms with van der Waals surface area (Å²) in [6.45, 7) is 9.21. The Morgan fingerprint density at radius 1 is 1.40 bits per heavy atom. The molecule has 0 aliphatic carbocycles. The molecule has 3 heteroatoms. The summed E-state index contributed by atoms with van der Waals surface area (Å²) in [4.78, 5) is 14.7. The number of likely N-dealkylation sites (tertiary alicyclic amines) is 1. The molecule has 110 valence electrons. The number of benzene rings is 1. The van der Waals surface area contributed by atoms with Crippen LogP contribution < -0.4 is 0 Å². The molecule has 1 atom stereocenters. The second-order valence-corrected chi connectivity index (χ2v) is 6.75. The highest BCUT2D eigenvalue weighted by molar-refractivity contribution is 5.98. The fourth-order valence-electron chi connectivity index (χ4n) is 3.10. The predicted octanol–water partition coefficient (Wildman–Crippen LogP) is 3.77. The van der Waals surface area contributed by atoms with Crippen LogP contribution in [0.3, 0.4) is 0 Å². The normalized spacial score (nSPS) is 20.6. The number of carbonyl (C=O) groups is 1. The Balaban J connectivity index is 2.00. The molecule has 1 unspecified atom stereocenters. The molecule has 1 aliphatic heterocycles. The first-order valence-electron chi connectivity index (χ1n) is 7.40. The molecule has 1 aromatic rings. The Kier molecular flexibility index (Phi) is 4.59. The van der Waals surface area contributed by atoms with Crippen LogP contribution in [0.5, 0.6) is 0 Å². The number of nitrogens with zero attached hydrogens (tertiary/aromatic N) is 1. The van der Waals surface area contributed by atoms with Gasteiger partial charge in [-0.2, -0.15) is 0 Å². The standard InChI is InChI=1S/C17H24FNO/c1-13(11-19-10-6-9-17(2,3)12-19)16(20)14-7-4-5-8-15(14)18/h4-5,7-8,13H,6,9-12H2,1-3H3. The van der Waals surface area contributed by atoms with Crippen LogP contribution in [0.2, 0.25) is 0 Å². The molecule has 0 amide bonds. The van der Waals surface area contributed by atoms with Crippen LogP contribution in [0.4, 0.5) is 4.39 Å². The maximum atomic E-state index is 13.7. The van der Waals surface area contributed by atoms with Crippen molar-refractivity contribution >= 4 is 5.78 Å². The maximum Gasteiger partial charge on any atom is 0.169 e. The number of hydrogen-bond acceptors (Lipinski definition) is 2. The van der Waals surface area contributed by atoms with Gasteiger partial charge in [-0.05, 0) is 36.9 Å². The average molecular weight is 277 g/mol. The van der Waals surface area contributed by atoms with Crippen molar-refractivity contribution in [1.82, 2.24) is 4.90 Å². The molecule has 0 saturated carbocycles. The minimum absolute atomic E-state index is 0.0912. The van der Waals surface area contributed by atoms with Crippen LogP contribution in [0.25, 0.3) is 0 Å². The van der Waals surface area contributed by atoms with E-state index in [-0.39, 0.29) is 17.3 Å². The zero-order valence-electron chi connectivity index (χ0n) is 12.7. The van der Waals surface area contributed by atoms with Crippen LogP contribution in [0, 0.1) is 17.2 Å². The number of ketones is 1. The van der Waals surface area contributed by atoms with E-state index in [0.717, 1.165) is 19.6 Å². The predicted molar refractivity (Wildman–Crippen MR) is 79.3 cm³/mol. The third-order valence-corrected chi connectivity index (χ3v) is 4.10.